The summed E-state index contributed by atoms with van der Waals surface area (Å²) in [5.41, 5.74) is 4.58. The maximum atomic E-state index is 13.0. The number of hydrogen-bond acceptors (Lipinski definition) is 3. The van der Waals surface area contributed by atoms with Gasteiger partial charge < -0.3 is 4.90 Å². The molecule has 1 aromatic heterocycles. The molecular formula is C20H19FN2OS. The maximum absolute atomic E-state index is 13.0. The first-order chi connectivity index (χ1) is 12.2. The van der Waals surface area contributed by atoms with E-state index in [1.807, 2.05) is 35.2 Å². The Labute approximate surface area is 150 Å². The number of amides is 1. The molecule has 1 aliphatic rings. The molecule has 25 heavy (non-hydrogen) atoms. The molecule has 0 saturated carbocycles. The summed E-state index contributed by atoms with van der Waals surface area (Å²) in [6.07, 6.45) is 2.93. The van der Waals surface area contributed by atoms with E-state index in [2.05, 4.69) is 4.98 Å². The minimum atomic E-state index is -0.193. The number of thiazole rings is 1. The van der Waals surface area contributed by atoms with Gasteiger partial charge in [-0.15, -0.1) is 11.3 Å². The third-order valence-electron chi connectivity index (χ3n) is 4.92. The molecule has 0 N–H and O–H groups in total. The number of aromatic nitrogens is 1. The highest BCUT2D eigenvalue weighted by Crippen LogP contribution is 2.24. The molecule has 1 aliphatic heterocycles. The van der Waals surface area contributed by atoms with Gasteiger partial charge in [-0.1, -0.05) is 12.1 Å². The zero-order valence-electron chi connectivity index (χ0n) is 13.8. The normalized spacial score (nSPS) is 15.6. The van der Waals surface area contributed by atoms with E-state index in [9.17, 15) is 9.18 Å². The smallest absolute Gasteiger partial charge is 0.253 e. The Hall–Kier alpha value is -2.27. The first-order valence-corrected chi connectivity index (χ1v) is 9.44. The summed E-state index contributed by atoms with van der Waals surface area (Å²) >= 11 is 1.59. The van der Waals surface area contributed by atoms with Gasteiger partial charge in [0.05, 0.1) is 15.7 Å². The van der Waals surface area contributed by atoms with Crippen molar-refractivity contribution in [1.82, 2.24) is 9.88 Å². The summed E-state index contributed by atoms with van der Waals surface area (Å²) < 4.78 is 14.1. The number of rotatable bonds is 3. The molecule has 0 unspecified atom stereocenters. The highest BCUT2D eigenvalue weighted by atomic mass is 32.1. The van der Waals surface area contributed by atoms with Crippen LogP contribution in [0.2, 0.25) is 0 Å². The van der Waals surface area contributed by atoms with E-state index in [1.165, 1.54) is 17.7 Å². The lowest BCUT2D eigenvalue weighted by atomic mass is 9.90. The number of carbonyl (C=O) groups excluding carboxylic acids is 1. The molecule has 0 aliphatic carbocycles. The van der Waals surface area contributed by atoms with Crippen LogP contribution in [0.15, 0.2) is 48.0 Å². The minimum absolute atomic E-state index is 0.0927. The number of fused-ring (bicyclic) bond motifs is 1. The van der Waals surface area contributed by atoms with Crippen molar-refractivity contribution in [3.8, 4) is 0 Å². The molecule has 1 amide bonds. The summed E-state index contributed by atoms with van der Waals surface area (Å²) in [5, 5.41) is 0. The molecule has 3 nitrogen and oxygen atoms in total. The largest absolute Gasteiger partial charge is 0.339 e. The minimum Gasteiger partial charge on any atom is -0.339 e. The zero-order chi connectivity index (χ0) is 17.2. The molecule has 1 saturated heterocycles. The van der Waals surface area contributed by atoms with Crippen molar-refractivity contribution in [2.75, 3.05) is 13.1 Å². The molecular weight excluding hydrogens is 335 g/mol. The van der Waals surface area contributed by atoms with Crippen molar-refractivity contribution in [2.24, 2.45) is 5.92 Å². The summed E-state index contributed by atoms with van der Waals surface area (Å²) in [4.78, 5) is 19.0. The Morgan fingerprint density at radius 3 is 2.68 bits per heavy atom. The quantitative estimate of drug-likeness (QED) is 0.692. The average Bonchev–Trinajstić information content (AvgIpc) is 3.11. The number of likely N-dealkylation sites (tertiary alicyclic amines) is 1. The highest BCUT2D eigenvalue weighted by molar-refractivity contribution is 7.16. The second-order valence-electron chi connectivity index (χ2n) is 6.60. The summed E-state index contributed by atoms with van der Waals surface area (Å²) in [6, 6.07) is 12.5. The van der Waals surface area contributed by atoms with Crippen LogP contribution in [0.1, 0.15) is 28.8 Å². The summed E-state index contributed by atoms with van der Waals surface area (Å²) in [6.45, 7) is 1.56. The molecule has 2 aromatic carbocycles. The van der Waals surface area contributed by atoms with Crippen LogP contribution in [0.5, 0.6) is 0 Å². The number of carbonyl (C=O) groups is 1. The van der Waals surface area contributed by atoms with Crippen LogP contribution in [0, 0.1) is 11.7 Å². The Morgan fingerprint density at radius 2 is 1.92 bits per heavy atom. The van der Waals surface area contributed by atoms with Gasteiger partial charge in [-0.25, -0.2) is 9.37 Å². The van der Waals surface area contributed by atoms with Gasteiger partial charge in [0.2, 0.25) is 0 Å². The predicted molar refractivity (Wildman–Crippen MR) is 98.4 cm³/mol. The topological polar surface area (TPSA) is 33.2 Å². The van der Waals surface area contributed by atoms with Gasteiger partial charge in [0.1, 0.15) is 5.82 Å². The SMILES string of the molecule is O=C(c1ccc2scnc2c1)N1CCC(Cc2ccc(F)cc2)CC1. The number of piperidine rings is 1. The first-order valence-electron chi connectivity index (χ1n) is 8.56. The van der Waals surface area contributed by atoms with Gasteiger partial charge in [0.25, 0.3) is 5.91 Å². The fourth-order valence-electron chi connectivity index (χ4n) is 3.47. The Morgan fingerprint density at radius 1 is 1.16 bits per heavy atom. The molecule has 4 rings (SSSR count). The molecule has 2 heterocycles. The van der Waals surface area contributed by atoms with Crippen LogP contribution in [0.25, 0.3) is 10.2 Å². The third-order valence-corrected chi connectivity index (χ3v) is 5.73. The van der Waals surface area contributed by atoms with Crippen molar-refractivity contribution >= 4 is 27.5 Å². The van der Waals surface area contributed by atoms with Crippen LogP contribution < -0.4 is 0 Å². The summed E-state index contributed by atoms with van der Waals surface area (Å²) in [5.74, 6) is 0.451. The molecule has 3 aromatic rings. The van der Waals surface area contributed by atoms with E-state index in [-0.39, 0.29) is 11.7 Å². The molecule has 1 fully saturated rings. The van der Waals surface area contributed by atoms with Crippen molar-refractivity contribution in [3.05, 3.63) is 64.9 Å². The van der Waals surface area contributed by atoms with Crippen LogP contribution >= 0.6 is 11.3 Å². The fraction of sp³-hybridized carbons (Fsp3) is 0.300. The first kappa shape index (κ1) is 16.2. The Balaban J connectivity index is 1.37. The van der Waals surface area contributed by atoms with Crippen molar-refractivity contribution < 1.29 is 9.18 Å². The van der Waals surface area contributed by atoms with Gasteiger partial charge in [0, 0.05) is 18.7 Å². The van der Waals surface area contributed by atoms with E-state index in [1.54, 1.807) is 16.8 Å². The second-order valence-corrected chi connectivity index (χ2v) is 7.49. The molecule has 0 spiro atoms. The van der Waals surface area contributed by atoms with Gasteiger partial charge >= 0.3 is 0 Å². The number of halogens is 1. The van der Waals surface area contributed by atoms with E-state index >= 15 is 0 Å². The molecule has 0 radical (unpaired) electrons. The van der Waals surface area contributed by atoms with E-state index < -0.39 is 0 Å². The van der Waals surface area contributed by atoms with Crippen LogP contribution in [-0.2, 0) is 6.42 Å². The molecule has 0 bridgehead atoms. The summed E-state index contributed by atoms with van der Waals surface area (Å²) in [7, 11) is 0. The molecule has 128 valence electrons. The zero-order valence-corrected chi connectivity index (χ0v) is 14.6. The second kappa shape index (κ2) is 6.92. The van der Waals surface area contributed by atoms with E-state index in [0.29, 0.717) is 5.92 Å². The lowest BCUT2D eigenvalue weighted by Crippen LogP contribution is -2.38. The van der Waals surface area contributed by atoms with Gasteiger partial charge in [-0.05, 0) is 61.1 Å². The average molecular weight is 354 g/mol. The maximum Gasteiger partial charge on any atom is 0.253 e. The molecule has 5 heteroatoms. The van der Waals surface area contributed by atoms with Crippen molar-refractivity contribution in [1.29, 1.82) is 0 Å². The van der Waals surface area contributed by atoms with Crippen LogP contribution in [-0.4, -0.2) is 28.9 Å². The van der Waals surface area contributed by atoms with Crippen molar-refractivity contribution in [3.63, 3.8) is 0 Å². The Bertz CT molecular complexity index is 882. The Kier molecular flexibility index (Phi) is 4.49. The lowest BCUT2D eigenvalue weighted by molar-refractivity contribution is 0.0690. The monoisotopic (exact) mass is 354 g/mol. The van der Waals surface area contributed by atoms with Gasteiger partial charge in [-0.2, -0.15) is 0 Å². The van der Waals surface area contributed by atoms with Crippen molar-refractivity contribution in [2.45, 2.75) is 19.3 Å². The predicted octanol–water partition coefficient (Wildman–Crippen LogP) is 4.53. The number of hydrogen-bond donors (Lipinski definition) is 0. The fourth-order valence-corrected chi connectivity index (χ4v) is 4.13. The van der Waals surface area contributed by atoms with Gasteiger partial charge in [0.15, 0.2) is 0 Å². The van der Waals surface area contributed by atoms with Crippen LogP contribution in [0.3, 0.4) is 0 Å². The van der Waals surface area contributed by atoms with Gasteiger partial charge in [-0.3, -0.25) is 4.79 Å². The number of benzene rings is 2. The molecule has 0 atom stereocenters. The number of nitrogens with zero attached hydrogens (tertiary/aromatic N) is 2. The van der Waals surface area contributed by atoms with E-state index in [4.69, 9.17) is 0 Å². The third kappa shape index (κ3) is 3.56. The van der Waals surface area contributed by atoms with E-state index in [0.717, 1.165) is 48.1 Å². The highest BCUT2D eigenvalue weighted by Gasteiger charge is 2.24. The standard InChI is InChI=1S/C20H19FN2OS/c21-17-4-1-14(2-5-17)11-15-7-9-23(10-8-15)20(24)16-3-6-19-18(12-16)22-13-25-19/h1-6,12-13,15H,7-11H2. The van der Waals surface area contributed by atoms with Crippen LogP contribution in [0.4, 0.5) is 4.39 Å². The lowest BCUT2D eigenvalue weighted by Gasteiger charge is -2.32.